The van der Waals surface area contributed by atoms with Crippen LogP contribution in [-0.4, -0.2) is 32.9 Å². The van der Waals surface area contributed by atoms with Crippen LogP contribution in [0.3, 0.4) is 0 Å². The summed E-state index contributed by atoms with van der Waals surface area (Å²) >= 11 is 3.62. The number of halogens is 1. The molecule has 28 heavy (non-hydrogen) atoms. The van der Waals surface area contributed by atoms with Gasteiger partial charge in [0.1, 0.15) is 5.75 Å². The Morgan fingerprint density at radius 3 is 2.75 bits per heavy atom. The molecule has 148 valence electrons. The van der Waals surface area contributed by atoms with Gasteiger partial charge in [0.2, 0.25) is 0 Å². The van der Waals surface area contributed by atoms with Crippen molar-refractivity contribution in [2.45, 2.75) is 25.7 Å². The van der Waals surface area contributed by atoms with Gasteiger partial charge in [-0.1, -0.05) is 12.1 Å². The van der Waals surface area contributed by atoms with Crippen molar-refractivity contribution in [1.82, 2.24) is 5.43 Å². The molecular weight excluding hydrogens is 424 g/mol. The summed E-state index contributed by atoms with van der Waals surface area (Å²) < 4.78 is 17.2. The Kier molecular flexibility index (Phi) is 6.92. The van der Waals surface area contributed by atoms with Crippen LogP contribution in [0.15, 0.2) is 39.9 Å². The number of ether oxygens (including phenoxy) is 3. The fourth-order valence-corrected chi connectivity index (χ4v) is 3.94. The van der Waals surface area contributed by atoms with Crippen molar-refractivity contribution >= 4 is 28.1 Å². The van der Waals surface area contributed by atoms with E-state index in [2.05, 4.69) is 32.5 Å². The lowest BCUT2D eigenvalue weighted by molar-refractivity contribution is -0.123. The van der Waals surface area contributed by atoms with Crippen molar-refractivity contribution in [1.29, 1.82) is 0 Å². The Morgan fingerprint density at radius 1 is 1.14 bits per heavy atom. The van der Waals surface area contributed by atoms with E-state index in [1.165, 1.54) is 30.2 Å². The molecule has 1 aliphatic rings. The van der Waals surface area contributed by atoms with Crippen LogP contribution in [0.2, 0.25) is 0 Å². The third kappa shape index (κ3) is 4.65. The summed E-state index contributed by atoms with van der Waals surface area (Å²) in [6, 6.07) is 9.42. The van der Waals surface area contributed by atoms with Crippen LogP contribution >= 0.6 is 15.9 Å². The summed E-state index contributed by atoms with van der Waals surface area (Å²) in [7, 11) is 3.12. The zero-order valence-corrected chi connectivity index (χ0v) is 17.5. The number of carbonyl (C=O) groups excluding carboxylic acids is 1. The Bertz CT molecular complexity index is 883. The number of nitrogens with zero attached hydrogens (tertiary/aromatic N) is 1. The van der Waals surface area contributed by atoms with Crippen molar-refractivity contribution in [3.8, 4) is 17.2 Å². The molecule has 0 unspecified atom stereocenters. The number of hydrogen-bond acceptors (Lipinski definition) is 5. The van der Waals surface area contributed by atoms with E-state index in [9.17, 15) is 4.79 Å². The van der Waals surface area contributed by atoms with Crippen molar-refractivity contribution in [2.75, 3.05) is 20.8 Å². The normalized spacial score (nSPS) is 13.1. The molecule has 1 amide bonds. The summed E-state index contributed by atoms with van der Waals surface area (Å²) in [5.41, 5.74) is 5.80. The minimum Gasteiger partial charge on any atom is -0.493 e. The van der Waals surface area contributed by atoms with Crippen molar-refractivity contribution in [2.24, 2.45) is 5.10 Å². The third-order valence-electron chi connectivity index (χ3n) is 4.61. The van der Waals surface area contributed by atoms with Crippen LogP contribution in [-0.2, 0) is 17.6 Å². The van der Waals surface area contributed by atoms with Gasteiger partial charge in [-0.05, 0) is 70.9 Å². The van der Waals surface area contributed by atoms with Crippen LogP contribution in [0.1, 0.15) is 29.5 Å². The number of hydrazone groups is 1. The van der Waals surface area contributed by atoms with E-state index in [4.69, 9.17) is 14.2 Å². The van der Waals surface area contributed by atoms with E-state index < -0.39 is 0 Å². The first-order valence-corrected chi connectivity index (χ1v) is 9.89. The molecule has 0 aromatic heterocycles. The van der Waals surface area contributed by atoms with Crippen LogP contribution in [0.5, 0.6) is 17.2 Å². The van der Waals surface area contributed by atoms with Gasteiger partial charge < -0.3 is 14.2 Å². The molecule has 0 atom stereocenters. The molecule has 0 fully saturated rings. The molecule has 6 nitrogen and oxygen atoms in total. The highest BCUT2D eigenvalue weighted by Gasteiger charge is 2.16. The maximum Gasteiger partial charge on any atom is 0.277 e. The predicted molar refractivity (Wildman–Crippen MR) is 112 cm³/mol. The van der Waals surface area contributed by atoms with Gasteiger partial charge in [-0.2, -0.15) is 5.10 Å². The minimum atomic E-state index is -0.345. The number of hydrogen-bond donors (Lipinski definition) is 1. The Labute approximate surface area is 173 Å². The summed E-state index contributed by atoms with van der Waals surface area (Å²) in [5.74, 6) is 1.48. The van der Waals surface area contributed by atoms with Gasteiger partial charge in [-0.3, -0.25) is 4.79 Å². The maximum absolute atomic E-state index is 12.1. The van der Waals surface area contributed by atoms with E-state index in [0.29, 0.717) is 22.8 Å². The van der Waals surface area contributed by atoms with E-state index in [1.54, 1.807) is 20.3 Å². The monoisotopic (exact) mass is 446 g/mol. The van der Waals surface area contributed by atoms with Gasteiger partial charge in [-0.15, -0.1) is 0 Å². The fraction of sp³-hybridized carbons (Fsp3) is 0.333. The SMILES string of the molecule is COc1cccc(/C=N\NC(=O)COc2ccc3c(c2Br)CCCC3)c1OC. The first kappa shape index (κ1) is 20.2. The number of carbonyl (C=O) groups is 1. The number of rotatable bonds is 7. The summed E-state index contributed by atoms with van der Waals surface area (Å²) in [5, 5.41) is 3.98. The minimum absolute atomic E-state index is 0.121. The number of nitrogens with one attached hydrogen (secondary N) is 1. The zero-order valence-electron chi connectivity index (χ0n) is 16.0. The summed E-state index contributed by atoms with van der Waals surface area (Å²) in [6.45, 7) is -0.121. The number of amides is 1. The number of methoxy groups -OCH3 is 2. The lowest BCUT2D eigenvalue weighted by atomic mass is 9.92. The number of fused-ring (bicyclic) bond motifs is 1. The second kappa shape index (κ2) is 9.59. The van der Waals surface area contributed by atoms with Crippen molar-refractivity contribution in [3.05, 3.63) is 51.5 Å². The Morgan fingerprint density at radius 2 is 1.96 bits per heavy atom. The topological polar surface area (TPSA) is 69.2 Å². The molecule has 0 aliphatic heterocycles. The zero-order chi connectivity index (χ0) is 19.9. The number of benzene rings is 2. The van der Waals surface area contributed by atoms with Gasteiger partial charge in [0.15, 0.2) is 18.1 Å². The third-order valence-corrected chi connectivity index (χ3v) is 5.48. The van der Waals surface area contributed by atoms with Crippen LogP contribution in [0.25, 0.3) is 0 Å². The van der Waals surface area contributed by atoms with E-state index >= 15 is 0 Å². The second-order valence-corrected chi connectivity index (χ2v) is 7.18. The highest BCUT2D eigenvalue weighted by atomic mass is 79.9. The van der Waals surface area contributed by atoms with Crippen LogP contribution in [0, 0.1) is 0 Å². The van der Waals surface area contributed by atoms with Gasteiger partial charge in [0, 0.05) is 5.56 Å². The lowest BCUT2D eigenvalue weighted by Crippen LogP contribution is -2.24. The smallest absolute Gasteiger partial charge is 0.277 e. The van der Waals surface area contributed by atoms with Crippen molar-refractivity contribution in [3.63, 3.8) is 0 Å². The molecule has 3 rings (SSSR count). The predicted octanol–water partition coefficient (Wildman–Crippen LogP) is 3.87. The molecule has 2 aromatic rings. The second-order valence-electron chi connectivity index (χ2n) is 6.39. The van der Waals surface area contributed by atoms with Crippen LogP contribution in [0.4, 0.5) is 0 Å². The maximum atomic E-state index is 12.1. The van der Waals surface area contributed by atoms with Gasteiger partial charge in [-0.25, -0.2) is 5.43 Å². The lowest BCUT2D eigenvalue weighted by Gasteiger charge is -2.19. The molecular formula is C21H23BrN2O4. The molecule has 2 aromatic carbocycles. The average Bonchev–Trinajstić information content (AvgIpc) is 2.73. The number of aryl methyl sites for hydroxylation is 1. The first-order valence-electron chi connectivity index (χ1n) is 9.10. The van der Waals surface area contributed by atoms with Crippen LogP contribution < -0.4 is 19.6 Å². The first-order chi connectivity index (χ1) is 13.6. The van der Waals surface area contributed by atoms with Crippen molar-refractivity contribution < 1.29 is 19.0 Å². The van der Waals surface area contributed by atoms with Gasteiger partial charge >= 0.3 is 0 Å². The largest absolute Gasteiger partial charge is 0.493 e. The molecule has 0 spiro atoms. The van der Waals surface area contributed by atoms with Gasteiger partial charge in [0.05, 0.1) is 24.9 Å². The highest BCUT2D eigenvalue weighted by Crippen LogP contribution is 2.35. The fourth-order valence-electron chi connectivity index (χ4n) is 3.24. The standard InChI is InChI=1S/C21H23BrN2O4/c1-26-18-9-5-7-15(21(18)27-2)12-23-24-19(25)13-28-17-11-10-14-6-3-4-8-16(14)20(17)22/h5,7,9-12H,3-4,6,8,13H2,1-2H3,(H,24,25)/b23-12-. The summed E-state index contributed by atoms with van der Waals surface area (Å²) in [6.07, 6.45) is 6.04. The number of para-hydroxylation sites is 1. The molecule has 7 heteroatoms. The Hall–Kier alpha value is -2.54. The molecule has 0 bridgehead atoms. The molecule has 1 N–H and O–H groups in total. The molecule has 0 saturated carbocycles. The summed E-state index contributed by atoms with van der Waals surface area (Å²) in [4.78, 5) is 12.1. The van der Waals surface area contributed by atoms with E-state index in [0.717, 1.165) is 17.3 Å². The molecule has 1 aliphatic carbocycles. The quantitative estimate of drug-likeness (QED) is 0.517. The Balaban J connectivity index is 1.58. The molecule has 0 radical (unpaired) electrons. The molecule has 0 heterocycles. The van der Waals surface area contributed by atoms with Gasteiger partial charge in [0.25, 0.3) is 5.91 Å². The van der Waals surface area contributed by atoms with E-state index in [1.807, 2.05) is 18.2 Å². The van der Waals surface area contributed by atoms with E-state index in [-0.39, 0.29) is 12.5 Å². The molecule has 0 saturated heterocycles. The highest BCUT2D eigenvalue weighted by molar-refractivity contribution is 9.10. The average molecular weight is 447 g/mol.